The molecule has 12 heavy (non-hydrogen) atoms. The molecule has 0 amide bonds. The largest absolute Gasteiger partial charge is 0.384 e. The van der Waals surface area contributed by atoms with E-state index in [9.17, 15) is 0 Å². The van der Waals surface area contributed by atoms with E-state index in [2.05, 4.69) is 16.3 Å². The van der Waals surface area contributed by atoms with Gasteiger partial charge in [0.2, 0.25) is 0 Å². The Labute approximate surface area is 71.7 Å². The Morgan fingerprint density at radius 1 is 1.42 bits per heavy atom. The van der Waals surface area contributed by atoms with Crippen molar-refractivity contribution >= 4 is 11.4 Å². The predicted octanol–water partition coefficient (Wildman–Crippen LogP) is 1.95. The molecule has 0 spiro atoms. The van der Waals surface area contributed by atoms with Crippen LogP contribution in [0.15, 0.2) is 12.3 Å². The van der Waals surface area contributed by atoms with Crippen molar-refractivity contribution in [3.05, 3.63) is 17.8 Å². The van der Waals surface area contributed by atoms with Gasteiger partial charge in [0.1, 0.15) is 5.82 Å². The molecule has 1 heterocycles. The molecule has 1 aromatic heterocycles. The maximum absolute atomic E-state index is 5.71. The van der Waals surface area contributed by atoms with E-state index in [1.54, 1.807) is 0 Å². The Kier molecular flexibility index (Phi) is 1.86. The number of nitrogens with one attached hydrogen (secondary N) is 1. The molecule has 0 saturated heterocycles. The lowest BCUT2D eigenvalue weighted by Gasteiger charge is -2.10. The summed E-state index contributed by atoms with van der Waals surface area (Å²) in [6.07, 6.45) is 8.98. The molecule has 0 saturated carbocycles. The van der Waals surface area contributed by atoms with Crippen LogP contribution in [0, 0.1) is 0 Å². The van der Waals surface area contributed by atoms with Crippen molar-refractivity contribution in [2.45, 2.75) is 25.7 Å². The highest BCUT2D eigenvalue weighted by atomic mass is 15.1. The predicted molar refractivity (Wildman–Crippen MR) is 49.4 cm³/mol. The lowest BCUT2D eigenvalue weighted by molar-refractivity contribution is 0.742. The van der Waals surface area contributed by atoms with Crippen LogP contribution in [-0.4, -0.2) is 10.2 Å². The van der Waals surface area contributed by atoms with E-state index < -0.39 is 0 Å². The minimum Gasteiger partial charge on any atom is -0.384 e. The fraction of sp³-hybridized carbons (Fsp3) is 0.444. The van der Waals surface area contributed by atoms with Crippen LogP contribution in [0.25, 0.3) is 5.57 Å². The lowest BCUT2D eigenvalue weighted by Crippen LogP contribution is -1.94. The summed E-state index contributed by atoms with van der Waals surface area (Å²) in [5, 5.41) is 6.66. The van der Waals surface area contributed by atoms with Crippen molar-refractivity contribution in [2.75, 3.05) is 5.73 Å². The molecule has 1 aliphatic carbocycles. The van der Waals surface area contributed by atoms with Crippen molar-refractivity contribution in [1.29, 1.82) is 0 Å². The summed E-state index contributed by atoms with van der Waals surface area (Å²) in [6.45, 7) is 0. The van der Waals surface area contributed by atoms with E-state index in [0.717, 1.165) is 12.0 Å². The first-order valence-corrected chi connectivity index (χ1v) is 4.36. The molecule has 0 bridgehead atoms. The third-order valence-electron chi connectivity index (χ3n) is 2.31. The zero-order chi connectivity index (χ0) is 8.39. The molecule has 0 atom stereocenters. The number of nitrogens with two attached hydrogens (primary N) is 1. The minimum atomic E-state index is 0.697. The van der Waals surface area contributed by atoms with E-state index in [1.165, 1.54) is 24.8 Å². The first-order valence-electron chi connectivity index (χ1n) is 4.36. The van der Waals surface area contributed by atoms with Gasteiger partial charge in [0.05, 0.1) is 6.20 Å². The average molecular weight is 163 g/mol. The van der Waals surface area contributed by atoms with E-state index in [4.69, 9.17) is 5.73 Å². The van der Waals surface area contributed by atoms with E-state index in [0.29, 0.717) is 5.82 Å². The molecule has 3 nitrogen and oxygen atoms in total. The van der Waals surface area contributed by atoms with Crippen LogP contribution in [-0.2, 0) is 0 Å². The van der Waals surface area contributed by atoms with Crippen molar-refractivity contribution in [3.63, 3.8) is 0 Å². The van der Waals surface area contributed by atoms with Crippen molar-refractivity contribution < 1.29 is 0 Å². The normalized spacial score (nSPS) is 17.5. The quantitative estimate of drug-likeness (QED) is 0.664. The van der Waals surface area contributed by atoms with Gasteiger partial charge >= 0.3 is 0 Å². The van der Waals surface area contributed by atoms with Gasteiger partial charge in [-0.05, 0) is 31.3 Å². The van der Waals surface area contributed by atoms with E-state index in [-0.39, 0.29) is 0 Å². The summed E-state index contributed by atoms with van der Waals surface area (Å²) in [7, 11) is 0. The van der Waals surface area contributed by atoms with Gasteiger partial charge in [0, 0.05) is 5.56 Å². The number of anilines is 1. The minimum absolute atomic E-state index is 0.697. The Morgan fingerprint density at radius 3 is 2.92 bits per heavy atom. The molecular formula is C9H13N3. The summed E-state index contributed by atoms with van der Waals surface area (Å²) in [5.41, 5.74) is 8.16. The molecule has 3 heteroatoms. The number of hydrogen-bond donors (Lipinski definition) is 2. The van der Waals surface area contributed by atoms with Gasteiger partial charge in [-0.1, -0.05) is 6.08 Å². The van der Waals surface area contributed by atoms with Crippen LogP contribution in [0.5, 0.6) is 0 Å². The van der Waals surface area contributed by atoms with Crippen LogP contribution >= 0.6 is 0 Å². The number of nitrogen functional groups attached to an aromatic ring is 1. The fourth-order valence-electron chi connectivity index (χ4n) is 1.63. The van der Waals surface area contributed by atoms with E-state index >= 15 is 0 Å². The zero-order valence-electron chi connectivity index (χ0n) is 7.01. The number of allylic oxidation sites excluding steroid dienone is 2. The fourth-order valence-corrected chi connectivity index (χ4v) is 1.63. The van der Waals surface area contributed by atoms with Crippen LogP contribution in [0.2, 0.25) is 0 Å². The summed E-state index contributed by atoms with van der Waals surface area (Å²) in [4.78, 5) is 0. The molecule has 2 rings (SSSR count). The highest BCUT2D eigenvalue weighted by Crippen LogP contribution is 2.28. The van der Waals surface area contributed by atoms with Crippen LogP contribution in [0.4, 0.5) is 5.82 Å². The molecule has 0 radical (unpaired) electrons. The monoisotopic (exact) mass is 163 g/mol. The number of nitrogens with zero attached hydrogens (tertiary/aromatic N) is 1. The molecule has 0 aliphatic heterocycles. The van der Waals surface area contributed by atoms with Crippen LogP contribution in [0.1, 0.15) is 31.2 Å². The topological polar surface area (TPSA) is 54.7 Å². The highest BCUT2D eigenvalue weighted by Gasteiger charge is 2.09. The lowest BCUT2D eigenvalue weighted by atomic mass is 9.95. The Balaban J connectivity index is 2.29. The van der Waals surface area contributed by atoms with Crippen molar-refractivity contribution in [2.24, 2.45) is 0 Å². The third kappa shape index (κ3) is 1.22. The maximum atomic E-state index is 5.71. The number of aromatic amines is 1. The first-order chi connectivity index (χ1) is 5.88. The third-order valence-corrected chi connectivity index (χ3v) is 2.31. The maximum Gasteiger partial charge on any atom is 0.126 e. The van der Waals surface area contributed by atoms with Gasteiger partial charge in [-0.25, -0.2) is 0 Å². The number of H-pyrrole nitrogens is 1. The number of hydrogen-bond acceptors (Lipinski definition) is 2. The highest BCUT2D eigenvalue weighted by molar-refractivity contribution is 5.72. The molecule has 0 aromatic carbocycles. The van der Waals surface area contributed by atoms with Crippen LogP contribution < -0.4 is 5.73 Å². The zero-order valence-corrected chi connectivity index (χ0v) is 7.01. The van der Waals surface area contributed by atoms with Gasteiger partial charge in [-0.15, -0.1) is 0 Å². The standard InChI is InChI=1S/C9H13N3/c10-9-8(6-11-12-9)7-4-2-1-3-5-7/h4,6H,1-3,5H2,(H3,10,11,12). The average Bonchev–Trinajstić information content (AvgIpc) is 2.53. The number of aromatic nitrogens is 2. The molecule has 0 fully saturated rings. The summed E-state index contributed by atoms with van der Waals surface area (Å²) in [5.74, 6) is 0.697. The van der Waals surface area contributed by atoms with Crippen molar-refractivity contribution in [3.8, 4) is 0 Å². The Bertz CT molecular complexity index is 298. The second kappa shape index (κ2) is 3.01. The SMILES string of the molecule is Nc1[nH]ncc1C1=CCCCC1. The van der Waals surface area contributed by atoms with Gasteiger partial charge in [0.15, 0.2) is 0 Å². The van der Waals surface area contributed by atoms with Gasteiger partial charge in [-0.2, -0.15) is 5.10 Å². The van der Waals surface area contributed by atoms with Gasteiger partial charge in [0.25, 0.3) is 0 Å². The summed E-state index contributed by atoms with van der Waals surface area (Å²) in [6, 6.07) is 0. The molecular weight excluding hydrogens is 150 g/mol. The second-order valence-corrected chi connectivity index (χ2v) is 3.17. The summed E-state index contributed by atoms with van der Waals surface area (Å²) < 4.78 is 0. The summed E-state index contributed by atoms with van der Waals surface area (Å²) >= 11 is 0. The van der Waals surface area contributed by atoms with E-state index in [1.807, 2.05) is 6.20 Å². The van der Waals surface area contributed by atoms with Crippen molar-refractivity contribution in [1.82, 2.24) is 10.2 Å². The molecule has 3 N–H and O–H groups in total. The second-order valence-electron chi connectivity index (χ2n) is 3.17. The smallest absolute Gasteiger partial charge is 0.126 e. The van der Waals surface area contributed by atoms with Crippen LogP contribution in [0.3, 0.4) is 0 Å². The Hall–Kier alpha value is -1.25. The molecule has 1 aliphatic rings. The Morgan fingerprint density at radius 2 is 2.33 bits per heavy atom. The molecule has 64 valence electrons. The first kappa shape index (κ1) is 7.40. The van der Waals surface area contributed by atoms with Gasteiger partial charge in [-0.3, -0.25) is 5.10 Å². The number of rotatable bonds is 1. The molecule has 0 unspecified atom stereocenters. The van der Waals surface area contributed by atoms with Gasteiger partial charge < -0.3 is 5.73 Å². The molecule has 1 aromatic rings.